The zero-order valence-electron chi connectivity index (χ0n) is 8.92. The molecule has 1 aromatic carbocycles. The molecule has 0 N–H and O–H groups in total. The topological polar surface area (TPSA) is 9.23 Å². The van der Waals surface area contributed by atoms with Crippen LogP contribution < -0.4 is 4.74 Å². The standard InChI is InChI=1S/C13H15ClO/c1-10(3-2-7-14)12-5-4-11-6-8-15-13(11)9-12/h3-5,9H,2,6-8H2,1H3/b10-3-. The lowest BCUT2D eigenvalue weighted by Gasteiger charge is -2.04. The Bertz CT molecular complexity index is 382. The first-order chi connectivity index (χ1) is 7.31. The Balaban J connectivity index is 2.22. The molecule has 15 heavy (non-hydrogen) atoms. The summed E-state index contributed by atoms with van der Waals surface area (Å²) in [5.41, 5.74) is 3.83. The number of benzene rings is 1. The van der Waals surface area contributed by atoms with Gasteiger partial charge in [0.1, 0.15) is 5.75 Å². The molecular weight excluding hydrogens is 208 g/mol. The highest BCUT2D eigenvalue weighted by atomic mass is 35.5. The summed E-state index contributed by atoms with van der Waals surface area (Å²) in [6.45, 7) is 2.94. The van der Waals surface area contributed by atoms with Crippen molar-refractivity contribution in [2.45, 2.75) is 19.8 Å². The molecule has 0 spiro atoms. The summed E-state index contributed by atoms with van der Waals surface area (Å²) in [5, 5.41) is 0. The number of hydrogen-bond acceptors (Lipinski definition) is 1. The fourth-order valence-electron chi connectivity index (χ4n) is 1.80. The summed E-state index contributed by atoms with van der Waals surface area (Å²) < 4.78 is 5.54. The maximum absolute atomic E-state index is 5.66. The third-order valence-corrected chi connectivity index (χ3v) is 2.93. The van der Waals surface area contributed by atoms with E-state index in [2.05, 4.69) is 31.2 Å². The zero-order valence-corrected chi connectivity index (χ0v) is 9.68. The minimum atomic E-state index is 0.679. The molecule has 1 aliphatic heterocycles. The lowest BCUT2D eigenvalue weighted by Crippen LogP contribution is -1.86. The molecule has 2 heteroatoms. The Kier molecular flexibility index (Phi) is 3.32. The van der Waals surface area contributed by atoms with Gasteiger partial charge in [0.15, 0.2) is 0 Å². The van der Waals surface area contributed by atoms with Crippen LogP contribution in [0.25, 0.3) is 5.57 Å². The highest BCUT2D eigenvalue weighted by Crippen LogP contribution is 2.28. The minimum absolute atomic E-state index is 0.679. The van der Waals surface area contributed by atoms with Gasteiger partial charge >= 0.3 is 0 Å². The normalized spacial score (nSPS) is 14.9. The first-order valence-electron chi connectivity index (χ1n) is 5.30. The number of hydrogen-bond donors (Lipinski definition) is 0. The van der Waals surface area contributed by atoms with Gasteiger partial charge in [0, 0.05) is 12.3 Å². The van der Waals surface area contributed by atoms with Crippen LogP contribution in [-0.4, -0.2) is 12.5 Å². The van der Waals surface area contributed by atoms with Gasteiger partial charge < -0.3 is 4.74 Å². The first kappa shape index (κ1) is 10.6. The Morgan fingerprint density at radius 3 is 3.20 bits per heavy atom. The van der Waals surface area contributed by atoms with Crippen molar-refractivity contribution >= 4 is 17.2 Å². The van der Waals surface area contributed by atoms with E-state index in [1.165, 1.54) is 16.7 Å². The molecule has 80 valence electrons. The lowest BCUT2D eigenvalue weighted by atomic mass is 10.0. The van der Waals surface area contributed by atoms with Crippen molar-refractivity contribution in [3.63, 3.8) is 0 Å². The Morgan fingerprint density at radius 2 is 2.40 bits per heavy atom. The maximum atomic E-state index is 5.66. The summed E-state index contributed by atoms with van der Waals surface area (Å²) >= 11 is 5.66. The van der Waals surface area contributed by atoms with Crippen molar-refractivity contribution in [3.8, 4) is 5.75 Å². The molecule has 1 aliphatic rings. The van der Waals surface area contributed by atoms with Crippen molar-refractivity contribution in [2.75, 3.05) is 12.5 Å². The molecule has 0 saturated carbocycles. The van der Waals surface area contributed by atoms with Crippen LogP contribution in [0.4, 0.5) is 0 Å². The second-order valence-corrected chi connectivity index (χ2v) is 4.16. The average molecular weight is 223 g/mol. The number of ether oxygens (including phenoxy) is 1. The Labute approximate surface area is 95.7 Å². The quantitative estimate of drug-likeness (QED) is 0.710. The molecule has 2 rings (SSSR count). The molecule has 1 heterocycles. The Morgan fingerprint density at radius 1 is 1.53 bits per heavy atom. The number of alkyl halides is 1. The molecule has 0 unspecified atom stereocenters. The molecule has 0 atom stereocenters. The third-order valence-electron chi connectivity index (χ3n) is 2.71. The van der Waals surface area contributed by atoms with E-state index in [4.69, 9.17) is 16.3 Å². The van der Waals surface area contributed by atoms with Crippen LogP contribution in [0.2, 0.25) is 0 Å². The fourth-order valence-corrected chi connectivity index (χ4v) is 1.91. The zero-order chi connectivity index (χ0) is 10.7. The van der Waals surface area contributed by atoms with E-state index < -0.39 is 0 Å². The van der Waals surface area contributed by atoms with Gasteiger partial charge in [-0.15, -0.1) is 11.6 Å². The van der Waals surface area contributed by atoms with Crippen molar-refractivity contribution in [1.82, 2.24) is 0 Å². The van der Waals surface area contributed by atoms with Gasteiger partial charge in [0.2, 0.25) is 0 Å². The van der Waals surface area contributed by atoms with Gasteiger partial charge in [-0.25, -0.2) is 0 Å². The molecule has 0 aromatic heterocycles. The summed E-state index contributed by atoms with van der Waals surface area (Å²) in [4.78, 5) is 0. The molecular formula is C13H15ClO. The van der Waals surface area contributed by atoms with Crippen molar-refractivity contribution in [2.24, 2.45) is 0 Å². The minimum Gasteiger partial charge on any atom is -0.493 e. The van der Waals surface area contributed by atoms with E-state index in [9.17, 15) is 0 Å². The lowest BCUT2D eigenvalue weighted by molar-refractivity contribution is 0.356. The Hall–Kier alpha value is -0.950. The number of halogens is 1. The summed E-state index contributed by atoms with van der Waals surface area (Å²) in [5.74, 6) is 1.73. The van der Waals surface area contributed by atoms with Crippen LogP contribution in [0.3, 0.4) is 0 Å². The highest BCUT2D eigenvalue weighted by Gasteiger charge is 2.12. The van der Waals surface area contributed by atoms with E-state index in [0.717, 1.165) is 25.2 Å². The van der Waals surface area contributed by atoms with Crippen LogP contribution in [-0.2, 0) is 6.42 Å². The first-order valence-corrected chi connectivity index (χ1v) is 5.83. The van der Waals surface area contributed by atoms with E-state index in [0.29, 0.717) is 5.88 Å². The van der Waals surface area contributed by atoms with E-state index in [1.54, 1.807) is 0 Å². The van der Waals surface area contributed by atoms with Crippen LogP contribution >= 0.6 is 11.6 Å². The number of fused-ring (bicyclic) bond motifs is 1. The van der Waals surface area contributed by atoms with Gasteiger partial charge in [-0.2, -0.15) is 0 Å². The van der Waals surface area contributed by atoms with Gasteiger partial charge in [0.25, 0.3) is 0 Å². The van der Waals surface area contributed by atoms with Crippen molar-refractivity contribution in [3.05, 3.63) is 35.4 Å². The SMILES string of the molecule is C/C(=C/CCCl)c1ccc2c(c1)OCC2. The number of rotatable bonds is 3. The summed E-state index contributed by atoms with van der Waals surface area (Å²) in [7, 11) is 0. The van der Waals surface area contributed by atoms with E-state index in [1.807, 2.05) is 0 Å². The van der Waals surface area contributed by atoms with Crippen LogP contribution in [0.15, 0.2) is 24.3 Å². The smallest absolute Gasteiger partial charge is 0.123 e. The van der Waals surface area contributed by atoms with Gasteiger partial charge in [-0.05, 0) is 36.1 Å². The molecule has 0 bridgehead atoms. The third kappa shape index (κ3) is 2.35. The maximum Gasteiger partial charge on any atom is 0.123 e. The molecule has 0 aliphatic carbocycles. The highest BCUT2D eigenvalue weighted by molar-refractivity contribution is 6.17. The predicted molar refractivity (Wildman–Crippen MR) is 64.6 cm³/mol. The monoisotopic (exact) mass is 222 g/mol. The number of allylic oxidation sites excluding steroid dienone is 2. The van der Waals surface area contributed by atoms with Crippen LogP contribution in [0, 0.1) is 0 Å². The van der Waals surface area contributed by atoms with Gasteiger partial charge in [0.05, 0.1) is 6.61 Å². The average Bonchev–Trinajstić information content (AvgIpc) is 2.72. The fraction of sp³-hybridized carbons (Fsp3) is 0.385. The van der Waals surface area contributed by atoms with Crippen LogP contribution in [0.1, 0.15) is 24.5 Å². The molecule has 0 radical (unpaired) electrons. The second kappa shape index (κ2) is 4.71. The molecule has 1 aromatic rings. The van der Waals surface area contributed by atoms with Gasteiger partial charge in [-0.1, -0.05) is 18.2 Å². The summed E-state index contributed by atoms with van der Waals surface area (Å²) in [6.07, 6.45) is 4.13. The predicted octanol–water partition coefficient (Wildman–Crippen LogP) is 3.65. The summed E-state index contributed by atoms with van der Waals surface area (Å²) in [6, 6.07) is 6.45. The largest absolute Gasteiger partial charge is 0.493 e. The molecule has 1 nitrogen and oxygen atoms in total. The molecule has 0 fully saturated rings. The van der Waals surface area contributed by atoms with Crippen molar-refractivity contribution in [1.29, 1.82) is 0 Å². The van der Waals surface area contributed by atoms with Crippen LogP contribution in [0.5, 0.6) is 5.75 Å². The molecule has 0 amide bonds. The molecule has 0 saturated heterocycles. The van der Waals surface area contributed by atoms with Crippen molar-refractivity contribution < 1.29 is 4.74 Å². The van der Waals surface area contributed by atoms with E-state index in [-0.39, 0.29) is 0 Å². The van der Waals surface area contributed by atoms with E-state index >= 15 is 0 Å². The second-order valence-electron chi connectivity index (χ2n) is 3.79. The van der Waals surface area contributed by atoms with Gasteiger partial charge in [-0.3, -0.25) is 0 Å².